The van der Waals surface area contributed by atoms with E-state index >= 15 is 0 Å². The van der Waals surface area contributed by atoms with Crippen molar-refractivity contribution in [2.75, 3.05) is 5.73 Å². The zero-order chi connectivity index (χ0) is 11.4. The number of hydrogen-bond donors (Lipinski definition) is 2. The van der Waals surface area contributed by atoms with E-state index in [1.807, 2.05) is 0 Å². The Bertz CT molecular complexity index is 390. The fourth-order valence-corrected chi connectivity index (χ4v) is 1.02. The third-order valence-corrected chi connectivity index (χ3v) is 1.97. The number of carbonyl (C=O) groups excluding carboxylic acids is 1. The molecule has 0 aliphatic heterocycles. The second kappa shape index (κ2) is 4.59. The second-order valence-corrected chi connectivity index (χ2v) is 3.23. The van der Waals surface area contributed by atoms with Crippen molar-refractivity contribution in [2.24, 2.45) is 0 Å². The van der Waals surface area contributed by atoms with Crippen molar-refractivity contribution in [1.29, 1.82) is 0 Å². The van der Waals surface area contributed by atoms with E-state index < -0.39 is 5.82 Å². The molecule has 80 valence electrons. The van der Waals surface area contributed by atoms with Gasteiger partial charge in [0.15, 0.2) is 0 Å². The molecule has 0 fully saturated rings. The first-order valence-corrected chi connectivity index (χ1v) is 4.53. The SMILES string of the molecule is C=CC(C)NC(=O)c1ccc(N)c(F)c1. The van der Waals surface area contributed by atoms with E-state index in [0.717, 1.165) is 6.07 Å². The van der Waals surface area contributed by atoms with Crippen LogP contribution in [0, 0.1) is 5.82 Å². The fraction of sp³-hybridized carbons (Fsp3) is 0.182. The van der Waals surface area contributed by atoms with Crippen molar-refractivity contribution in [2.45, 2.75) is 13.0 Å². The molecule has 15 heavy (non-hydrogen) atoms. The molecule has 0 saturated carbocycles. The minimum absolute atomic E-state index is 0.0309. The molecule has 0 saturated heterocycles. The molecule has 0 aliphatic carbocycles. The van der Waals surface area contributed by atoms with Crippen LogP contribution < -0.4 is 11.1 Å². The molecule has 0 heterocycles. The number of anilines is 1. The summed E-state index contributed by atoms with van der Waals surface area (Å²) in [5, 5.41) is 2.63. The number of nitrogens with one attached hydrogen (secondary N) is 1. The van der Waals surface area contributed by atoms with E-state index in [9.17, 15) is 9.18 Å². The predicted octanol–water partition coefficient (Wildman–Crippen LogP) is 1.71. The third kappa shape index (κ3) is 2.80. The quantitative estimate of drug-likeness (QED) is 0.587. The number of nitrogen functional groups attached to an aromatic ring is 1. The summed E-state index contributed by atoms with van der Waals surface area (Å²) < 4.78 is 13.0. The molecule has 0 aliphatic rings. The number of hydrogen-bond acceptors (Lipinski definition) is 2. The monoisotopic (exact) mass is 208 g/mol. The van der Waals surface area contributed by atoms with Crippen molar-refractivity contribution < 1.29 is 9.18 Å². The van der Waals surface area contributed by atoms with Crippen LogP contribution in [0.4, 0.5) is 10.1 Å². The first-order chi connectivity index (χ1) is 7.04. The largest absolute Gasteiger partial charge is 0.396 e. The number of amides is 1. The molecular weight excluding hydrogens is 195 g/mol. The van der Waals surface area contributed by atoms with Gasteiger partial charge in [0, 0.05) is 11.6 Å². The number of benzene rings is 1. The van der Waals surface area contributed by atoms with Crippen LogP contribution in [-0.2, 0) is 0 Å². The van der Waals surface area contributed by atoms with Gasteiger partial charge >= 0.3 is 0 Å². The molecule has 3 N–H and O–H groups in total. The van der Waals surface area contributed by atoms with Gasteiger partial charge < -0.3 is 11.1 Å². The van der Waals surface area contributed by atoms with Gasteiger partial charge in [-0.1, -0.05) is 6.08 Å². The summed E-state index contributed by atoms with van der Waals surface area (Å²) in [6.45, 7) is 5.31. The summed E-state index contributed by atoms with van der Waals surface area (Å²) in [5.74, 6) is -0.935. The minimum Gasteiger partial charge on any atom is -0.396 e. The van der Waals surface area contributed by atoms with E-state index in [1.165, 1.54) is 12.1 Å². The van der Waals surface area contributed by atoms with E-state index in [2.05, 4.69) is 11.9 Å². The minimum atomic E-state index is -0.589. The number of halogens is 1. The molecular formula is C11H13FN2O. The topological polar surface area (TPSA) is 55.1 Å². The highest BCUT2D eigenvalue weighted by molar-refractivity contribution is 5.94. The standard InChI is InChI=1S/C11H13FN2O/c1-3-7(2)14-11(15)8-4-5-10(13)9(12)6-8/h3-7H,1,13H2,2H3,(H,14,15). The van der Waals surface area contributed by atoms with Gasteiger partial charge in [0.05, 0.1) is 5.69 Å². The van der Waals surface area contributed by atoms with E-state index in [0.29, 0.717) is 0 Å². The summed E-state index contributed by atoms with van der Waals surface area (Å²) in [6, 6.07) is 3.80. The molecule has 1 unspecified atom stereocenters. The van der Waals surface area contributed by atoms with E-state index in [-0.39, 0.29) is 23.2 Å². The van der Waals surface area contributed by atoms with Gasteiger partial charge in [0.2, 0.25) is 0 Å². The molecule has 3 nitrogen and oxygen atoms in total. The van der Waals surface area contributed by atoms with Crippen molar-refractivity contribution in [1.82, 2.24) is 5.32 Å². The van der Waals surface area contributed by atoms with Crippen LogP contribution in [0.15, 0.2) is 30.9 Å². The third-order valence-electron chi connectivity index (χ3n) is 1.97. The van der Waals surface area contributed by atoms with Gasteiger partial charge in [0.25, 0.3) is 5.91 Å². The maximum absolute atomic E-state index is 13.0. The summed E-state index contributed by atoms with van der Waals surface area (Å²) in [6.07, 6.45) is 1.59. The number of nitrogens with two attached hydrogens (primary N) is 1. The lowest BCUT2D eigenvalue weighted by molar-refractivity contribution is 0.0946. The van der Waals surface area contributed by atoms with Crippen molar-refractivity contribution in [3.8, 4) is 0 Å². The van der Waals surface area contributed by atoms with Gasteiger partial charge in [-0.25, -0.2) is 4.39 Å². The summed E-state index contributed by atoms with van der Waals surface area (Å²) in [5.41, 5.74) is 5.57. The Labute approximate surface area is 87.8 Å². The van der Waals surface area contributed by atoms with E-state index in [1.54, 1.807) is 13.0 Å². The molecule has 1 aromatic carbocycles. The number of rotatable bonds is 3. The van der Waals surface area contributed by atoms with Crippen LogP contribution in [0.25, 0.3) is 0 Å². The maximum atomic E-state index is 13.0. The van der Waals surface area contributed by atoms with Gasteiger partial charge in [-0.2, -0.15) is 0 Å². The van der Waals surface area contributed by atoms with Crippen molar-refractivity contribution in [3.05, 3.63) is 42.2 Å². The van der Waals surface area contributed by atoms with Crippen LogP contribution in [-0.4, -0.2) is 11.9 Å². The zero-order valence-electron chi connectivity index (χ0n) is 8.46. The Morgan fingerprint density at radius 2 is 2.33 bits per heavy atom. The Kier molecular flexibility index (Phi) is 3.44. The lowest BCUT2D eigenvalue weighted by Crippen LogP contribution is -2.30. The van der Waals surface area contributed by atoms with Gasteiger partial charge in [-0.3, -0.25) is 4.79 Å². The lowest BCUT2D eigenvalue weighted by Gasteiger charge is -2.09. The van der Waals surface area contributed by atoms with Crippen LogP contribution in [0.2, 0.25) is 0 Å². The first kappa shape index (κ1) is 11.2. The normalized spacial score (nSPS) is 11.9. The molecule has 1 rings (SSSR count). The highest BCUT2D eigenvalue weighted by Gasteiger charge is 2.09. The molecule has 0 bridgehead atoms. The van der Waals surface area contributed by atoms with Crippen LogP contribution in [0.3, 0.4) is 0 Å². The molecule has 1 aromatic rings. The average Bonchev–Trinajstić information content (AvgIpc) is 2.21. The molecule has 1 atom stereocenters. The summed E-state index contributed by atoms with van der Waals surface area (Å²) in [7, 11) is 0. The fourth-order valence-electron chi connectivity index (χ4n) is 1.02. The molecule has 1 amide bonds. The first-order valence-electron chi connectivity index (χ1n) is 4.53. The average molecular weight is 208 g/mol. The molecule has 0 aromatic heterocycles. The molecule has 4 heteroatoms. The second-order valence-electron chi connectivity index (χ2n) is 3.23. The van der Waals surface area contributed by atoms with Gasteiger partial charge in [-0.05, 0) is 25.1 Å². The molecule has 0 radical (unpaired) electrons. The Morgan fingerprint density at radius 1 is 1.67 bits per heavy atom. The Balaban J connectivity index is 2.83. The predicted molar refractivity (Wildman–Crippen MR) is 57.9 cm³/mol. The highest BCUT2D eigenvalue weighted by atomic mass is 19.1. The smallest absolute Gasteiger partial charge is 0.251 e. The summed E-state index contributed by atoms with van der Waals surface area (Å²) >= 11 is 0. The van der Waals surface area contributed by atoms with Crippen molar-refractivity contribution in [3.63, 3.8) is 0 Å². The number of carbonyl (C=O) groups is 1. The van der Waals surface area contributed by atoms with Crippen molar-refractivity contribution >= 4 is 11.6 Å². The lowest BCUT2D eigenvalue weighted by atomic mass is 10.1. The van der Waals surface area contributed by atoms with E-state index in [4.69, 9.17) is 5.73 Å². The zero-order valence-corrected chi connectivity index (χ0v) is 8.46. The Hall–Kier alpha value is -1.84. The van der Waals surface area contributed by atoms with Gasteiger partial charge in [0.1, 0.15) is 5.82 Å². The summed E-state index contributed by atoms with van der Waals surface area (Å²) in [4.78, 5) is 11.5. The van der Waals surface area contributed by atoms with Gasteiger partial charge in [-0.15, -0.1) is 6.58 Å². The van der Waals surface area contributed by atoms with Crippen LogP contribution in [0.1, 0.15) is 17.3 Å². The highest BCUT2D eigenvalue weighted by Crippen LogP contribution is 2.11. The maximum Gasteiger partial charge on any atom is 0.251 e. The molecule has 0 spiro atoms. The van der Waals surface area contributed by atoms with Crippen LogP contribution >= 0.6 is 0 Å². The van der Waals surface area contributed by atoms with Crippen LogP contribution in [0.5, 0.6) is 0 Å². The Morgan fingerprint density at radius 3 is 2.87 bits per heavy atom.